The molecule has 5 heteroatoms. The Bertz CT molecular complexity index is 1090. The predicted molar refractivity (Wildman–Crippen MR) is 111 cm³/mol. The fourth-order valence-corrected chi connectivity index (χ4v) is 3.67. The normalized spacial score (nSPS) is 11.6. The predicted octanol–water partition coefficient (Wildman–Crippen LogP) is 3.62. The molecule has 1 aromatic heterocycles. The van der Waals surface area contributed by atoms with Crippen molar-refractivity contribution in [2.75, 3.05) is 0 Å². The van der Waals surface area contributed by atoms with Gasteiger partial charge in [-0.3, -0.25) is 5.41 Å². The third-order valence-corrected chi connectivity index (χ3v) is 5.08. The van der Waals surface area contributed by atoms with Crippen molar-refractivity contribution in [2.24, 2.45) is 5.73 Å². The number of rotatable bonds is 5. The number of hydrogen-bond donors (Lipinski definition) is 3. The smallest absolute Gasteiger partial charge is 0.173 e. The summed E-state index contributed by atoms with van der Waals surface area (Å²) in [5, 5.41) is 19.8. The van der Waals surface area contributed by atoms with Crippen LogP contribution in [0.4, 0.5) is 0 Å². The maximum absolute atomic E-state index is 12.1. The Labute approximate surface area is 163 Å². The van der Waals surface area contributed by atoms with E-state index in [0.29, 0.717) is 17.9 Å². The number of nitrogen functional groups attached to an aromatic ring is 1. The van der Waals surface area contributed by atoms with E-state index < -0.39 is 5.60 Å². The lowest BCUT2D eigenvalue weighted by Crippen LogP contribution is -2.32. The van der Waals surface area contributed by atoms with Crippen LogP contribution in [0.3, 0.4) is 0 Å². The van der Waals surface area contributed by atoms with Crippen LogP contribution in [0.5, 0.6) is 0 Å². The summed E-state index contributed by atoms with van der Waals surface area (Å²) in [5.41, 5.74) is 8.00. The van der Waals surface area contributed by atoms with Crippen LogP contribution in [0.25, 0.3) is 11.0 Å². The second-order valence-corrected chi connectivity index (χ2v) is 6.74. The minimum absolute atomic E-state index is 0.00804. The molecule has 28 heavy (non-hydrogen) atoms. The van der Waals surface area contributed by atoms with Crippen LogP contribution in [0.15, 0.2) is 78.9 Å². The quantitative estimate of drug-likeness (QED) is 0.370. The van der Waals surface area contributed by atoms with Crippen LogP contribution in [-0.2, 0) is 12.1 Å². The van der Waals surface area contributed by atoms with Gasteiger partial charge >= 0.3 is 0 Å². The molecule has 3 aromatic carbocycles. The van der Waals surface area contributed by atoms with Gasteiger partial charge in [0.15, 0.2) is 11.4 Å². The number of amidine groups is 1. The van der Waals surface area contributed by atoms with E-state index in [1.54, 1.807) is 6.07 Å². The first-order chi connectivity index (χ1) is 13.6. The van der Waals surface area contributed by atoms with E-state index in [9.17, 15) is 5.11 Å². The van der Waals surface area contributed by atoms with E-state index in [0.717, 1.165) is 22.2 Å². The maximum atomic E-state index is 12.1. The Morgan fingerprint density at radius 3 is 2.07 bits per heavy atom. The van der Waals surface area contributed by atoms with Crippen molar-refractivity contribution in [3.63, 3.8) is 0 Å². The molecule has 5 nitrogen and oxygen atoms in total. The van der Waals surface area contributed by atoms with Crippen LogP contribution < -0.4 is 5.73 Å². The molecule has 0 spiro atoms. The van der Waals surface area contributed by atoms with Gasteiger partial charge in [-0.05, 0) is 36.2 Å². The summed E-state index contributed by atoms with van der Waals surface area (Å²) in [5.74, 6) is 0.553. The minimum atomic E-state index is -1.41. The molecule has 4 aromatic rings. The molecule has 4 rings (SSSR count). The van der Waals surface area contributed by atoms with E-state index in [1.807, 2.05) is 84.3 Å². The highest BCUT2D eigenvalue weighted by Gasteiger charge is 2.38. The molecular formula is C23H22N4O. The standard InChI is InChI=1S/C23H22N4O/c1-2-27-20-15-16(21(24)25)13-14-19(20)26-22(27)23(28,17-9-5-3-6-10-17)18-11-7-4-8-12-18/h3-15,28H,2H2,1H3,(H3,24,25). The molecule has 4 N–H and O–H groups in total. The first-order valence-corrected chi connectivity index (χ1v) is 9.24. The molecule has 0 atom stereocenters. The van der Waals surface area contributed by atoms with E-state index in [4.69, 9.17) is 16.1 Å². The Kier molecular flexibility index (Phi) is 4.45. The molecule has 0 aliphatic carbocycles. The van der Waals surface area contributed by atoms with Crippen molar-refractivity contribution >= 4 is 16.9 Å². The second-order valence-electron chi connectivity index (χ2n) is 6.74. The van der Waals surface area contributed by atoms with Crippen LogP contribution in [0, 0.1) is 5.41 Å². The number of fused-ring (bicyclic) bond motifs is 1. The molecule has 0 unspecified atom stereocenters. The zero-order valence-corrected chi connectivity index (χ0v) is 15.6. The van der Waals surface area contributed by atoms with Crippen LogP contribution in [0.1, 0.15) is 29.4 Å². The Hall–Kier alpha value is -3.44. The number of aromatic nitrogens is 2. The number of hydrogen-bond acceptors (Lipinski definition) is 3. The highest BCUT2D eigenvalue weighted by molar-refractivity contribution is 5.98. The molecular weight excluding hydrogens is 348 g/mol. The molecule has 140 valence electrons. The summed E-state index contributed by atoms with van der Waals surface area (Å²) in [6, 6.07) is 24.6. The summed E-state index contributed by atoms with van der Waals surface area (Å²) >= 11 is 0. The van der Waals surface area contributed by atoms with Crippen molar-refractivity contribution in [3.8, 4) is 0 Å². The van der Waals surface area contributed by atoms with E-state index in [2.05, 4.69) is 0 Å². The lowest BCUT2D eigenvalue weighted by Gasteiger charge is -2.29. The number of aliphatic hydroxyl groups is 1. The van der Waals surface area contributed by atoms with Gasteiger partial charge in [0.25, 0.3) is 0 Å². The molecule has 0 amide bonds. The topological polar surface area (TPSA) is 87.9 Å². The fraction of sp³-hybridized carbons (Fsp3) is 0.130. The number of imidazole rings is 1. The Morgan fingerprint density at radius 1 is 1.00 bits per heavy atom. The van der Waals surface area contributed by atoms with Crippen LogP contribution in [0.2, 0.25) is 0 Å². The van der Waals surface area contributed by atoms with Gasteiger partial charge in [-0.1, -0.05) is 60.7 Å². The molecule has 0 radical (unpaired) electrons. The summed E-state index contributed by atoms with van der Waals surface area (Å²) in [6.45, 7) is 2.64. The molecule has 0 fully saturated rings. The summed E-state index contributed by atoms with van der Waals surface area (Å²) in [6.07, 6.45) is 0. The van der Waals surface area contributed by atoms with Gasteiger partial charge in [0.1, 0.15) is 5.84 Å². The average molecular weight is 370 g/mol. The van der Waals surface area contributed by atoms with Crippen molar-refractivity contribution in [2.45, 2.75) is 19.1 Å². The fourth-order valence-electron chi connectivity index (χ4n) is 3.67. The number of benzene rings is 3. The molecule has 0 aliphatic heterocycles. The largest absolute Gasteiger partial charge is 0.384 e. The van der Waals surface area contributed by atoms with Gasteiger partial charge in [-0.2, -0.15) is 0 Å². The zero-order valence-electron chi connectivity index (χ0n) is 15.6. The van der Waals surface area contributed by atoms with Gasteiger partial charge in [0.05, 0.1) is 11.0 Å². The number of aryl methyl sites for hydroxylation is 1. The van der Waals surface area contributed by atoms with E-state index in [-0.39, 0.29) is 5.84 Å². The molecule has 0 saturated carbocycles. The lowest BCUT2D eigenvalue weighted by molar-refractivity contribution is 0.112. The van der Waals surface area contributed by atoms with Gasteiger partial charge in [0.2, 0.25) is 0 Å². The molecule has 0 bridgehead atoms. The number of nitrogens with zero attached hydrogens (tertiary/aromatic N) is 2. The van der Waals surface area contributed by atoms with Crippen molar-refractivity contribution in [3.05, 3.63) is 101 Å². The lowest BCUT2D eigenvalue weighted by atomic mass is 9.85. The maximum Gasteiger partial charge on any atom is 0.173 e. The van der Waals surface area contributed by atoms with Crippen molar-refractivity contribution in [1.29, 1.82) is 5.41 Å². The summed E-state index contributed by atoms with van der Waals surface area (Å²) in [7, 11) is 0. The highest BCUT2D eigenvalue weighted by atomic mass is 16.3. The minimum Gasteiger partial charge on any atom is -0.384 e. The SMILES string of the molecule is CCn1c(C(O)(c2ccccc2)c2ccccc2)nc2ccc(C(=N)N)cc21. The monoisotopic (exact) mass is 370 g/mol. The zero-order chi connectivity index (χ0) is 19.7. The molecule has 1 heterocycles. The van der Waals surface area contributed by atoms with E-state index in [1.165, 1.54) is 0 Å². The van der Waals surface area contributed by atoms with Crippen molar-refractivity contribution < 1.29 is 5.11 Å². The van der Waals surface area contributed by atoms with Crippen molar-refractivity contribution in [1.82, 2.24) is 9.55 Å². The van der Waals surface area contributed by atoms with Gasteiger partial charge in [0, 0.05) is 12.1 Å². The summed E-state index contributed by atoms with van der Waals surface area (Å²) in [4.78, 5) is 4.81. The van der Waals surface area contributed by atoms with E-state index >= 15 is 0 Å². The third kappa shape index (κ3) is 2.77. The Morgan fingerprint density at radius 2 is 1.57 bits per heavy atom. The summed E-state index contributed by atoms with van der Waals surface area (Å²) < 4.78 is 1.99. The first kappa shape index (κ1) is 17.9. The van der Waals surface area contributed by atoms with Crippen LogP contribution in [-0.4, -0.2) is 20.5 Å². The van der Waals surface area contributed by atoms with Gasteiger partial charge < -0.3 is 15.4 Å². The molecule has 0 aliphatic rings. The number of nitrogens with two attached hydrogens (primary N) is 1. The van der Waals surface area contributed by atoms with Gasteiger partial charge in [-0.25, -0.2) is 4.98 Å². The Balaban J connectivity index is 2.05. The second kappa shape index (κ2) is 6.94. The third-order valence-electron chi connectivity index (χ3n) is 5.08. The number of nitrogens with one attached hydrogen (secondary N) is 1. The average Bonchev–Trinajstić information content (AvgIpc) is 3.12. The molecule has 0 saturated heterocycles. The van der Waals surface area contributed by atoms with Crippen LogP contribution >= 0.6 is 0 Å². The van der Waals surface area contributed by atoms with Gasteiger partial charge in [-0.15, -0.1) is 0 Å². The first-order valence-electron chi connectivity index (χ1n) is 9.24. The highest BCUT2D eigenvalue weighted by Crippen LogP contribution is 2.37.